The van der Waals surface area contributed by atoms with Gasteiger partial charge < -0.3 is 9.64 Å². The molecule has 0 amide bonds. The summed E-state index contributed by atoms with van der Waals surface area (Å²) in [4.78, 5) is 2.07. The smallest absolute Gasteiger partial charge is 0.151 e. The minimum absolute atomic E-state index is 0.720. The highest BCUT2D eigenvalue weighted by atomic mass is 35.5. The maximum Gasteiger partial charge on any atom is 0.151 e. The number of hydrogen-bond acceptors (Lipinski definition) is 2. The molecule has 0 spiro atoms. The van der Waals surface area contributed by atoms with Gasteiger partial charge in [0.1, 0.15) is 0 Å². The zero-order valence-electron chi connectivity index (χ0n) is 15.3. The first-order valence-corrected chi connectivity index (χ1v) is 9.26. The van der Waals surface area contributed by atoms with Gasteiger partial charge in [0.2, 0.25) is 0 Å². The molecule has 1 heterocycles. The average Bonchev–Trinajstić information content (AvgIpc) is 2.69. The number of rotatable bonds is 3. The third kappa shape index (κ3) is 3.91. The minimum Gasteiger partial charge on any atom is -0.453 e. The van der Waals surface area contributed by atoms with E-state index >= 15 is 0 Å². The number of anilines is 1. The van der Waals surface area contributed by atoms with Crippen LogP contribution in [0.2, 0.25) is 5.02 Å². The van der Waals surface area contributed by atoms with E-state index in [1.807, 2.05) is 36.7 Å². The summed E-state index contributed by atoms with van der Waals surface area (Å²) in [5.41, 5.74) is 5.55. The van der Waals surface area contributed by atoms with Gasteiger partial charge in [-0.2, -0.15) is 0 Å². The van der Waals surface area contributed by atoms with Gasteiger partial charge in [-0.3, -0.25) is 0 Å². The molecule has 27 heavy (non-hydrogen) atoms. The number of ether oxygens (including phenoxy) is 1. The van der Waals surface area contributed by atoms with E-state index in [9.17, 15) is 0 Å². The molecule has 2 nitrogen and oxygen atoms in total. The molecule has 0 fully saturated rings. The van der Waals surface area contributed by atoms with Crippen LogP contribution >= 0.6 is 11.6 Å². The van der Waals surface area contributed by atoms with Crippen molar-refractivity contribution < 1.29 is 4.74 Å². The SMILES string of the molecule is Cc1ccc(C2=CN(c3ccc(Cl)cc3)C=C(c3ccc(C)cc3)O2)cc1. The minimum atomic E-state index is 0.720. The van der Waals surface area contributed by atoms with E-state index in [-0.39, 0.29) is 0 Å². The Kier molecular flexibility index (Phi) is 4.74. The van der Waals surface area contributed by atoms with Crippen LogP contribution in [0.25, 0.3) is 11.5 Å². The Morgan fingerprint density at radius 2 is 1.07 bits per heavy atom. The lowest BCUT2D eigenvalue weighted by atomic mass is 10.1. The lowest BCUT2D eigenvalue weighted by Gasteiger charge is -2.26. The van der Waals surface area contributed by atoms with E-state index in [4.69, 9.17) is 16.3 Å². The van der Waals surface area contributed by atoms with Gasteiger partial charge in [0, 0.05) is 21.8 Å². The normalized spacial score (nSPS) is 13.7. The van der Waals surface area contributed by atoms with Gasteiger partial charge in [-0.15, -0.1) is 0 Å². The van der Waals surface area contributed by atoms with Gasteiger partial charge in [0.25, 0.3) is 0 Å². The number of hydrogen-bond donors (Lipinski definition) is 0. The Bertz CT molecular complexity index is 938. The number of benzene rings is 3. The summed E-state index contributed by atoms with van der Waals surface area (Å²) >= 11 is 6.06. The van der Waals surface area contributed by atoms with Crippen molar-refractivity contribution >= 4 is 28.8 Å². The second kappa shape index (κ2) is 7.34. The standard InChI is InChI=1S/C24H20ClNO/c1-17-3-7-19(8-4-17)23-15-26(22-13-11-21(25)12-14-22)16-24(27-23)20-9-5-18(2)6-10-20/h3-16H,1-2H3. The van der Waals surface area contributed by atoms with Crippen molar-refractivity contribution in [3.63, 3.8) is 0 Å². The molecule has 1 aliphatic rings. The number of halogens is 1. The highest BCUT2D eigenvalue weighted by Crippen LogP contribution is 2.33. The van der Waals surface area contributed by atoms with Gasteiger partial charge >= 0.3 is 0 Å². The van der Waals surface area contributed by atoms with Crippen molar-refractivity contribution in [3.05, 3.63) is 112 Å². The predicted octanol–water partition coefficient (Wildman–Crippen LogP) is 6.79. The molecule has 1 aliphatic heterocycles. The summed E-state index contributed by atoms with van der Waals surface area (Å²) in [7, 11) is 0. The molecule has 3 aromatic rings. The van der Waals surface area contributed by atoms with Crippen molar-refractivity contribution in [2.45, 2.75) is 13.8 Å². The molecule has 0 bridgehead atoms. The summed E-state index contributed by atoms with van der Waals surface area (Å²) in [5.74, 6) is 1.62. The Morgan fingerprint density at radius 1 is 0.630 bits per heavy atom. The lowest BCUT2D eigenvalue weighted by Crippen LogP contribution is -2.15. The Labute approximate surface area is 165 Å². The molecule has 3 heteroatoms. The first kappa shape index (κ1) is 17.4. The van der Waals surface area contributed by atoms with Crippen molar-refractivity contribution in [1.29, 1.82) is 0 Å². The van der Waals surface area contributed by atoms with Crippen LogP contribution in [0.5, 0.6) is 0 Å². The van der Waals surface area contributed by atoms with Crippen LogP contribution in [-0.2, 0) is 4.74 Å². The number of nitrogens with zero attached hydrogens (tertiary/aromatic N) is 1. The molecule has 4 rings (SSSR count). The van der Waals surface area contributed by atoms with Crippen LogP contribution < -0.4 is 4.90 Å². The highest BCUT2D eigenvalue weighted by molar-refractivity contribution is 6.30. The fraction of sp³-hybridized carbons (Fsp3) is 0.0833. The molecule has 0 aliphatic carbocycles. The monoisotopic (exact) mass is 373 g/mol. The third-order valence-electron chi connectivity index (χ3n) is 4.53. The quantitative estimate of drug-likeness (QED) is 0.501. The van der Waals surface area contributed by atoms with E-state index in [2.05, 4.69) is 67.3 Å². The average molecular weight is 374 g/mol. The molecular formula is C24H20ClNO. The largest absolute Gasteiger partial charge is 0.453 e. The van der Waals surface area contributed by atoms with Crippen LogP contribution in [0.4, 0.5) is 5.69 Å². The van der Waals surface area contributed by atoms with Gasteiger partial charge in [-0.05, 0) is 38.1 Å². The molecule has 0 saturated heterocycles. The molecule has 134 valence electrons. The van der Waals surface area contributed by atoms with Crippen molar-refractivity contribution in [2.24, 2.45) is 0 Å². The summed E-state index contributed by atoms with van der Waals surface area (Å²) in [6.07, 6.45) is 4.01. The van der Waals surface area contributed by atoms with Crippen LogP contribution in [0.1, 0.15) is 22.3 Å². The third-order valence-corrected chi connectivity index (χ3v) is 4.78. The first-order valence-electron chi connectivity index (χ1n) is 8.88. The molecule has 0 atom stereocenters. The summed E-state index contributed by atoms with van der Waals surface area (Å²) in [6.45, 7) is 4.16. The Balaban J connectivity index is 1.76. The van der Waals surface area contributed by atoms with E-state index in [0.717, 1.165) is 33.4 Å². The molecule has 0 radical (unpaired) electrons. The molecule has 0 saturated carbocycles. The zero-order chi connectivity index (χ0) is 18.8. The van der Waals surface area contributed by atoms with Crippen molar-refractivity contribution in [3.8, 4) is 0 Å². The van der Waals surface area contributed by atoms with Crippen LogP contribution in [-0.4, -0.2) is 0 Å². The van der Waals surface area contributed by atoms with Crippen LogP contribution in [0, 0.1) is 13.8 Å². The second-order valence-electron chi connectivity index (χ2n) is 6.70. The summed E-state index contributed by atoms with van der Waals surface area (Å²) in [5, 5.41) is 0.720. The number of aryl methyl sites for hydroxylation is 2. The van der Waals surface area contributed by atoms with Crippen LogP contribution in [0.3, 0.4) is 0 Å². The lowest BCUT2D eigenvalue weighted by molar-refractivity contribution is 0.462. The van der Waals surface area contributed by atoms with Crippen molar-refractivity contribution in [2.75, 3.05) is 4.90 Å². The summed E-state index contributed by atoms with van der Waals surface area (Å²) in [6, 6.07) is 24.5. The first-order chi connectivity index (χ1) is 13.1. The maximum atomic E-state index is 6.27. The topological polar surface area (TPSA) is 12.5 Å². The Hall–Kier alpha value is -2.97. The zero-order valence-corrected chi connectivity index (χ0v) is 16.1. The fourth-order valence-corrected chi connectivity index (χ4v) is 3.05. The van der Waals surface area contributed by atoms with Crippen LogP contribution in [0.15, 0.2) is 85.2 Å². The molecule has 0 unspecified atom stereocenters. The van der Waals surface area contributed by atoms with E-state index in [0.29, 0.717) is 0 Å². The molecule has 3 aromatic carbocycles. The van der Waals surface area contributed by atoms with Crippen molar-refractivity contribution in [1.82, 2.24) is 0 Å². The fourth-order valence-electron chi connectivity index (χ4n) is 2.93. The van der Waals surface area contributed by atoms with Gasteiger partial charge in [-0.25, -0.2) is 0 Å². The Morgan fingerprint density at radius 3 is 1.52 bits per heavy atom. The summed E-state index contributed by atoms with van der Waals surface area (Å²) < 4.78 is 6.27. The second-order valence-corrected chi connectivity index (χ2v) is 7.14. The molecule has 0 N–H and O–H groups in total. The van der Waals surface area contributed by atoms with Gasteiger partial charge in [0.15, 0.2) is 11.5 Å². The van der Waals surface area contributed by atoms with E-state index < -0.39 is 0 Å². The van der Waals surface area contributed by atoms with E-state index in [1.54, 1.807) is 0 Å². The van der Waals surface area contributed by atoms with Gasteiger partial charge in [0.05, 0.1) is 12.4 Å². The van der Waals surface area contributed by atoms with Gasteiger partial charge in [-0.1, -0.05) is 71.3 Å². The predicted molar refractivity (Wildman–Crippen MR) is 113 cm³/mol. The van der Waals surface area contributed by atoms with E-state index in [1.165, 1.54) is 11.1 Å². The molecule has 0 aromatic heterocycles. The molecular weight excluding hydrogens is 354 g/mol. The highest BCUT2D eigenvalue weighted by Gasteiger charge is 2.18. The maximum absolute atomic E-state index is 6.27.